The molecule has 0 N–H and O–H groups in total. The van der Waals surface area contributed by atoms with E-state index in [4.69, 9.17) is 5.26 Å². The van der Waals surface area contributed by atoms with Gasteiger partial charge in [-0.1, -0.05) is 11.8 Å². The Hall–Kier alpha value is -2.06. The van der Waals surface area contributed by atoms with E-state index in [1.807, 2.05) is 13.2 Å². The number of nitriles is 1. The normalized spacial score (nSPS) is 10.1. The Morgan fingerprint density at radius 1 is 1.50 bits per heavy atom. The second kappa shape index (κ2) is 5.07. The Kier molecular flexibility index (Phi) is 3.49. The lowest BCUT2D eigenvalue weighted by Gasteiger charge is -2.05. The molecule has 2 rings (SSSR count). The van der Waals surface area contributed by atoms with Gasteiger partial charge in [0.15, 0.2) is 5.78 Å². The molecule has 2 aromatic rings. The van der Waals surface area contributed by atoms with Gasteiger partial charge < -0.3 is 0 Å². The molecule has 0 fully saturated rings. The van der Waals surface area contributed by atoms with Crippen LogP contribution >= 0.6 is 11.8 Å². The number of rotatable bonds is 3. The van der Waals surface area contributed by atoms with E-state index in [-0.39, 0.29) is 5.78 Å². The predicted octanol–water partition coefficient (Wildman–Crippen LogP) is 2.65. The van der Waals surface area contributed by atoms with Crippen molar-refractivity contribution in [2.75, 3.05) is 0 Å². The Bertz CT molecular complexity index is 640. The van der Waals surface area contributed by atoms with Gasteiger partial charge in [0.05, 0.1) is 22.7 Å². The van der Waals surface area contributed by atoms with Crippen LogP contribution in [-0.2, 0) is 7.05 Å². The molecule has 0 saturated carbocycles. The zero-order valence-corrected chi connectivity index (χ0v) is 10.9. The van der Waals surface area contributed by atoms with E-state index in [0.717, 1.165) is 9.79 Å². The van der Waals surface area contributed by atoms with Gasteiger partial charge in [-0.25, -0.2) is 0 Å². The van der Waals surface area contributed by atoms with Crippen LogP contribution in [0, 0.1) is 11.3 Å². The van der Waals surface area contributed by atoms with Crippen molar-refractivity contribution in [2.45, 2.75) is 16.7 Å². The van der Waals surface area contributed by atoms with Crippen LogP contribution in [-0.4, -0.2) is 15.6 Å². The van der Waals surface area contributed by atoms with Crippen molar-refractivity contribution in [1.82, 2.24) is 9.78 Å². The number of carbonyl (C=O) groups excluding carboxylic acids is 1. The number of hydrogen-bond donors (Lipinski definition) is 0. The Morgan fingerprint density at radius 3 is 2.83 bits per heavy atom. The molecule has 90 valence electrons. The minimum atomic E-state index is -0.00844. The highest BCUT2D eigenvalue weighted by atomic mass is 32.2. The fourth-order valence-electron chi connectivity index (χ4n) is 1.55. The quantitative estimate of drug-likeness (QED) is 0.793. The maximum atomic E-state index is 11.5. The van der Waals surface area contributed by atoms with E-state index in [1.165, 1.54) is 18.7 Å². The van der Waals surface area contributed by atoms with Crippen LogP contribution in [0.5, 0.6) is 0 Å². The van der Waals surface area contributed by atoms with Crippen molar-refractivity contribution in [2.24, 2.45) is 7.05 Å². The molecule has 4 nitrogen and oxygen atoms in total. The first kappa shape index (κ1) is 12.4. The second-order valence-electron chi connectivity index (χ2n) is 3.83. The number of aromatic nitrogens is 2. The Morgan fingerprint density at radius 2 is 2.28 bits per heavy atom. The lowest BCUT2D eigenvalue weighted by Crippen LogP contribution is -1.95. The van der Waals surface area contributed by atoms with Crippen LogP contribution in [0.3, 0.4) is 0 Å². The smallest absolute Gasteiger partial charge is 0.160 e. The summed E-state index contributed by atoms with van der Waals surface area (Å²) in [5.74, 6) is -0.00844. The summed E-state index contributed by atoms with van der Waals surface area (Å²) >= 11 is 1.44. The number of hydrogen-bond acceptors (Lipinski definition) is 4. The summed E-state index contributed by atoms with van der Waals surface area (Å²) in [5, 5.41) is 13.0. The molecule has 0 unspecified atom stereocenters. The molecule has 0 bridgehead atoms. The third-order valence-electron chi connectivity index (χ3n) is 2.40. The van der Waals surface area contributed by atoms with Crippen LogP contribution in [0.15, 0.2) is 40.4 Å². The van der Waals surface area contributed by atoms with Crippen molar-refractivity contribution in [3.63, 3.8) is 0 Å². The zero-order valence-electron chi connectivity index (χ0n) is 10.0. The summed E-state index contributed by atoms with van der Waals surface area (Å²) in [4.78, 5) is 13.3. The van der Waals surface area contributed by atoms with Crippen molar-refractivity contribution < 1.29 is 4.79 Å². The number of nitrogens with zero attached hydrogens (tertiary/aromatic N) is 3. The van der Waals surface area contributed by atoms with E-state index >= 15 is 0 Å². The number of carbonyl (C=O) groups is 1. The number of Topliss-reactive ketones (excluding diaryl/α,β-unsaturated/α-hetero) is 1. The van der Waals surface area contributed by atoms with Gasteiger partial charge in [0.25, 0.3) is 0 Å². The highest BCUT2D eigenvalue weighted by Crippen LogP contribution is 2.31. The lowest BCUT2D eigenvalue weighted by molar-refractivity contribution is 0.101. The maximum Gasteiger partial charge on any atom is 0.160 e. The number of benzene rings is 1. The number of ketones is 1. The summed E-state index contributed by atoms with van der Waals surface area (Å²) in [6, 6.07) is 7.16. The van der Waals surface area contributed by atoms with Crippen LogP contribution in [0.1, 0.15) is 22.8 Å². The molecule has 0 aliphatic carbocycles. The zero-order chi connectivity index (χ0) is 13.1. The minimum Gasteiger partial charge on any atom is -0.294 e. The molecular weight excluding hydrogens is 246 g/mol. The summed E-state index contributed by atoms with van der Waals surface area (Å²) < 4.78 is 1.70. The Labute approximate surface area is 109 Å². The van der Waals surface area contributed by atoms with Gasteiger partial charge in [-0.3, -0.25) is 9.48 Å². The second-order valence-corrected chi connectivity index (χ2v) is 4.95. The number of aryl methyl sites for hydroxylation is 1. The van der Waals surface area contributed by atoms with Crippen LogP contribution in [0.25, 0.3) is 0 Å². The maximum absolute atomic E-state index is 11.5. The third kappa shape index (κ3) is 2.60. The lowest BCUT2D eigenvalue weighted by atomic mass is 10.1. The van der Waals surface area contributed by atoms with Crippen LogP contribution in [0.2, 0.25) is 0 Å². The molecule has 0 atom stereocenters. The molecule has 0 spiro atoms. The predicted molar refractivity (Wildman–Crippen MR) is 68.5 cm³/mol. The fraction of sp³-hybridized carbons (Fsp3) is 0.154. The standard InChI is InChI=1S/C13H11N3OS/c1-9(17)12-4-3-10(6-14)5-13(12)18-11-7-15-16(2)8-11/h3-5,7-8H,1-2H3. The summed E-state index contributed by atoms with van der Waals surface area (Å²) in [6.07, 6.45) is 3.60. The fourth-order valence-corrected chi connectivity index (χ4v) is 2.61. The van der Waals surface area contributed by atoms with E-state index in [9.17, 15) is 4.79 Å². The molecule has 5 heteroatoms. The first-order chi connectivity index (χ1) is 8.60. The van der Waals surface area contributed by atoms with E-state index in [1.54, 1.807) is 29.1 Å². The average Bonchev–Trinajstić information content (AvgIpc) is 2.74. The van der Waals surface area contributed by atoms with E-state index in [2.05, 4.69) is 11.2 Å². The minimum absolute atomic E-state index is 0.00844. The van der Waals surface area contributed by atoms with E-state index < -0.39 is 0 Å². The van der Waals surface area contributed by atoms with Gasteiger partial charge in [-0.15, -0.1) is 0 Å². The molecule has 0 aliphatic heterocycles. The molecular formula is C13H11N3OS. The van der Waals surface area contributed by atoms with Gasteiger partial charge >= 0.3 is 0 Å². The SMILES string of the molecule is CC(=O)c1ccc(C#N)cc1Sc1cnn(C)c1. The van der Waals surface area contributed by atoms with Crippen LogP contribution < -0.4 is 0 Å². The molecule has 1 aromatic heterocycles. The molecule has 1 aromatic carbocycles. The molecule has 0 radical (unpaired) electrons. The van der Waals surface area contributed by atoms with Gasteiger partial charge in [0.2, 0.25) is 0 Å². The highest BCUT2D eigenvalue weighted by Gasteiger charge is 2.10. The topological polar surface area (TPSA) is 58.7 Å². The van der Waals surface area contributed by atoms with Gasteiger partial charge in [-0.05, 0) is 25.1 Å². The van der Waals surface area contributed by atoms with Crippen LogP contribution in [0.4, 0.5) is 0 Å². The highest BCUT2D eigenvalue weighted by molar-refractivity contribution is 7.99. The average molecular weight is 257 g/mol. The van der Waals surface area contributed by atoms with Gasteiger partial charge in [-0.2, -0.15) is 10.4 Å². The van der Waals surface area contributed by atoms with E-state index in [0.29, 0.717) is 11.1 Å². The van der Waals surface area contributed by atoms with Gasteiger partial charge in [0, 0.05) is 23.7 Å². The monoisotopic (exact) mass is 257 g/mol. The molecule has 0 aliphatic rings. The van der Waals surface area contributed by atoms with Crippen molar-refractivity contribution in [1.29, 1.82) is 5.26 Å². The first-order valence-electron chi connectivity index (χ1n) is 5.31. The summed E-state index contributed by atoms with van der Waals surface area (Å²) in [6.45, 7) is 1.52. The molecule has 18 heavy (non-hydrogen) atoms. The van der Waals surface area contributed by atoms with Crippen molar-refractivity contribution in [3.05, 3.63) is 41.7 Å². The van der Waals surface area contributed by atoms with Crippen molar-refractivity contribution >= 4 is 17.5 Å². The van der Waals surface area contributed by atoms with Crippen molar-refractivity contribution in [3.8, 4) is 6.07 Å². The molecule has 0 saturated heterocycles. The summed E-state index contributed by atoms with van der Waals surface area (Å²) in [7, 11) is 1.83. The largest absolute Gasteiger partial charge is 0.294 e. The van der Waals surface area contributed by atoms with Gasteiger partial charge in [0.1, 0.15) is 0 Å². The molecule has 0 amide bonds. The first-order valence-corrected chi connectivity index (χ1v) is 6.13. The third-order valence-corrected chi connectivity index (χ3v) is 3.40. The summed E-state index contributed by atoms with van der Waals surface area (Å²) in [5.41, 5.74) is 1.18. The Balaban J connectivity index is 2.41. The molecule has 1 heterocycles.